The van der Waals surface area contributed by atoms with Gasteiger partial charge in [0.05, 0.1) is 12.2 Å². The minimum atomic E-state index is -0.680. The Kier molecular flexibility index (Phi) is 5.56. The smallest absolute Gasteiger partial charge is 0.267 e. The highest BCUT2D eigenvalue weighted by atomic mass is 16.2. The summed E-state index contributed by atoms with van der Waals surface area (Å²) < 4.78 is 1.83. The maximum Gasteiger partial charge on any atom is 0.267 e. The van der Waals surface area contributed by atoms with Crippen LogP contribution < -0.4 is 16.1 Å². The molecule has 8 heteroatoms. The van der Waals surface area contributed by atoms with Crippen molar-refractivity contribution in [2.75, 3.05) is 5.01 Å². The molecule has 2 heterocycles. The molecule has 8 nitrogen and oxygen atoms in total. The lowest BCUT2D eigenvalue weighted by atomic mass is 10.1. The van der Waals surface area contributed by atoms with Gasteiger partial charge in [-0.15, -0.1) is 0 Å². The Bertz CT molecular complexity index is 1060. The van der Waals surface area contributed by atoms with E-state index in [1.54, 1.807) is 6.20 Å². The third-order valence-corrected chi connectivity index (χ3v) is 4.97. The van der Waals surface area contributed by atoms with Gasteiger partial charge in [-0.2, -0.15) is 10.2 Å². The second kappa shape index (κ2) is 8.60. The average Bonchev–Trinajstić information content (AvgIpc) is 3.44. The van der Waals surface area contributed by atoms with Crippen molar-refractivity contribution in [2.45, 2.75) is 25.6 Å². The molecule has 2 aromatic carbocycles. The number of hydrogen-bond acceptors (Lipinski definition) is 5. The van der Waals surface area contributed by atoms with Crippen LogP contribution in [0.2, 0.25) is 0 Å². The first-order valence-corrected chi connectivity index (χ1v) is 9.65. The fourth-order valence-electron chi connectivity index (χ4n) is 3.42. The van der Waals surface area contributed by atoms with Crippen molar-refractivity contribution in [3.8, 4) is 0 Å². The van der Waals surface area contributed by atoms with Gasteiger partial charge in [-0.1, -0.05) is 42.5 Å². The van der Waals surface area contributed by atoms with Crippen LogP contribution in [0.1, 0.15) is 17.5 Å². The molecule has 0 saturated heterocycles. The molecule has 1 aliphatic rings. The molecular weight excluding hydrogens is 380 g/mol. The number of benzene rings is 2. The first-order chi connectivity index (χ1) is 14.6. The van der Waals surface area contributed by atoms with Crippen molar-refractivity contribution in [1.82, 2.24) is 15.1 Å². The predicted molar refractivity (Wildman–Crippen MR) is 114 cm³/mol. The van der Waals surface area contributed by atoms with E-state index in [1.165, 1.54) is 5.01 Å². The highest BCUT2D eigenvalue weighted by molar-refractivity contribution is 6.40. The third-order valence-electron chi connectivity index (χ3n) is 4.97. The van der Waals surface area contributed by atoms with Crippen molar-refractivity contribution in [3.63, 3.8) is 0 Å². The van der Waals surface area contributed by atoms with Crippen LogP contribution in [0.3, 0.4) is 0 Å². The van der Waals surface area contributed by atoms with Crippen LogP contribution in [-0.2, 0) is 22.7 Å². The first-order valence-electron chi connectivity index (χ1n) is 9.65. The summed E-state index contributed by atoms with van der Waals surface area (Å²) in [5, 5.41) is 13.0. The molecule has 0 saturated carbocycles. The molecule has 0 spiro atoms. The van der Waals surface area contributed by atoms with Gasteiger partial charge in [-0.05, 0) is 29.3 Å². The number of carbonyl (C=O) groups excluding carboxylic acids is 2. The fraction of sp³-hybridized carbons (Fsp3) is 0.182. The molecule has 4 rings (SSSR count). The molecule has 3 N–H and O–H groups in total. The van der Waals surface area contributed by atoms with E-state index in [4.69, 9.17) is 5.73 Å². The molecule has 1 unspecified atom stereocenters. The van der Waals surface area contributed by atoms with Gasteiger partial charge in [0.1, 0.15) is 11.8 Å². The molecule has 0 fully saturated rings. The van der Waals surface area contributed by atoms with Gasteiger partial charge >= 0.3 is 0 Å². The average molecular weight is 402 g/mol. The Balaban J connectivity index is 1.46. The Morgan fingerprint density at radius 3 is 2.47 bits per heavy atom. The molecular formula is C22H22N6O2. The van der Waals surface area contributed by atoms with Gasteiger partial charge in [0.25, 0.3) is 5.91 Å². The highest BCUT2D eigenvalue weighted by Gasteiger charge is 2.34. The quantitative estimate of drug-likeness (QED) is 0.627. The summed E-state index contributed by atoms with van der Waals surface area (Å²) in [6.45, 7) is 0.966. The Labute approximate surface area is 174 Å². The van der Waals surface area contributed by atoms with E-state index in [9.17, 15) is 9.59 Å². The number of rotatable bonds is 7. The summed E-state index contributed by atoms with van der Waals surface area (Å²) in [6.07, 6.45) is 3.80. The number of nitrogens with one attached hydrogen (secondary N) is 1. The minimum absolute atomic E-state index is 0.172. The van der Waals surface area contributed by atoms with Crippen LogP contribution in [0.4, 0.5) is 5.69 Å². The van der Waals surface area contributed by atoms with Crippen LogP contribution in [0.25, 0.3) is 0 Å². The Hall–Kier alpha value is -3.94. The molecule has 1 atom stereocenters. The molecule has 1 aromatic heterocycles. The summed E-state index contributed by atoms with van der Waals surface area (Å²) >= 11 is 0. The number of nitrogens with zero attached hydrogens (tertiary/aromatic N) is 4. The largest absolute Gasteiger partial charge is 0.368 e. The molecule has 0 bridgehead atoms. The van der Waals surface area contributed by atoms with Crippen molar-refractivity contribution in [2.24, 2.45) is 10.8 Å². The number of nitrogens with two attached hydrogens (primary N) is 1. The van der Waals surface area contributed by atoms with Gasteiger partial charge in [0, 0.05) is 25.4 Å². The number of hydrogen-bond donors (Lipinski definition) is 2. The van der Waals surface area contributed by atoms with Crippen molar-refractivity contribution in [3.05, 3.63) is 84.2 Å². The zero-order chi connectivity index (χ0) is 20.9. The summed E-state index contributed by atoms with van der Waals surface area (Å²) in [5.74, 6) is -0.830. The van der Waals surface area contributed by atoms with Gasteiger partial charge in [-0.3, -0.25) is 19.3 Å². The summed E-state index contributed by atoms with van der Waals surface area (Å²) in [6, 6.07) is 18.3. The van der Waals surface area contributed by atoms with E-state index in [1.807, 2.05) is 71.5 Å². The standard InChI is InChI=1S/C22H22N6O2/c23-21(29)20-13-19(26-28(20)18-9-2-1-3-10-18)22(30)24-14-16-7-4-5-8-17(16)15-27-12-6-11-25-27/h1-12,20H,13-15H2,(H2,23,29)(H,24,30). The van der Waals surface area contributed by atoms with E-state index in [2.05, 4.69) is 15.5 Å². The van der Waals surface area contributed by atoms with E-state index in [0.717, 1.165) is 11.1 Å². The lowest BCUT2D eigenvalue weighted by Gasteiger charge is -2.20. The summed E-state index contributed by atoms with van der Waals surface area (Å²) in [5.41, 5.74) is 8.60. The second-order valence-corrected chi connectivity index (χ2v) is 7.00. The van der Waals surface area contributed by atoms with Crippen molar-refractivity contribution >= 4 is 23.2 Å². The summed E-state index contributed by atoms with van der Waals surface area (Å²) in [7, 11) is 0. The fourth-order valence-corrected chi connectivity index (χ4v) is 3.42. The maximum atomic E-state index is 12.8. The number of aromatic nitrogens is 2. The molecule has 152 valence electrons. The first kappa shape index (κ1) is 19.4. The normalized spacial score (nSPS) is 15.7. The van der Waals surface area contributed by atoms with Crippen LogP contribution in [0.5, 0.6) is 0 Å². The number of primary amides is 1. The van der Waals surface area contributed by atoms with Crippen molar-refractivity contribution in [1.29, 1.82) is 0 Å². The van der Waals surface area contributed by atoms with Gasteiger partial charge in [-0.25, -0.2) is 0 Å². The van der Waals surface area contributed by atoms with E-state index >= 15 is 0 Å². The molecule has 0 radical (unpaired) electrons. The SMILES string of the molecule is NC(=O)C1CC(C(=O)NCc2ccccc2Cn2cccn2)=NN1c1ccccc1. The highest BCUT2D eigenvalue weighted by Crippen LogP contribution is 2.24. The number of para-hydroxylation sites is 1. The monoisotopic (exact) mass is 402 g/mol. The van der Waals surface area contributed by atoms with Crippen LogP contribution >= 0.6 is 0 Å². The Morgan fingerprint density at radius 1 is 1.03 bits per heavy atom. The topological polar surface area (TPSA) is 106 Å². The zero-order valence-corrected chi connectivity index (χ0v) is 16.3. The maximum absolute atomic E-state index is 12.8. The summed E-state index contributed by atoms with van der Waals surface area (Å²) in [4.78, 5) is 24.6. The minimum Gasteiger partial charge on any atom is -0.368 e. The van der Waals surface area contributed by atoms with E-state index in [0.29, 0.717) is 18.8 Å². The van der Waals surface area contributed by atoms with Gasteiger partial charge in [0.2, 0.25) is 5.91 Å². The van der Waals surface area contributed by atoms with Gasteiger partial charge in [0.15, 0.2) is 0 Å². The Morgan fingerprint density at radius 2 is 1.77 bits per heavy atom. The van der Waals surface area contributed by atoms with Crippen molar-refractivity contribution < 1.29 is 9.59 Å². The number of hydrazone groups is 1. The lowest BCUT2D eigenvalue weighted by Crippen LogP contribution is -2.39. The lowest BCUT2D eigenvalue weighted by molar-refractivity contribution is -0.119. The number of amides is 2. The molecule has 2 amide bonds. The van der Waals surface area contributed by atoms with Crippen LogP contribution in [0.15, 0.2) is 78.2 Å². The second-order valence-electron chi connectivity index (χ2n) is 7.00. The zero-order valence-electron chi connectivity index (χ0n) is 16.3. The van der Waals surface area contributed by atoms with E-state index in [-0.39, 0.29) is 18.0 Å². The van der Waals surface area contributed by atoms with Gasteiger partial charge < -0.3 is 11.1 Å². The predicted octanol–water partition coefficient (Wildman–Crippen LogP) is 1.67. The van der Waals surface area contributed by atoms with E-state index < -0.39 is 11.9 Å². The van der Waals surface area contributed by atoms with Crippen LogP contribution in [-0.4, -0.2) is 33.3 Å². The third kappa shape index (κ3) is 4.22. The number of anilines is 1. The molecule has 1 aliphatic heterocycles. The molecule has 30 heavy (non-hydrogen) atoms. The van der Waals surface area contributed by atoms with Crippen LogP contribution in [0, 0.1) is 0 Å². The molecule has 0 aliphatic carbocycles. The molecule has 3 aromatic rings. The number of carbonyl (C=O) groups is 2.